The zero-order chi connectivity index (χ0) is 18.4. The van der Waals surface area contributed by atoms with Crippen molar-refractivity contribution < 1.29 is 14.2 Å². The monoisotopic (exact) mass is 352 g/mol. The van der Waals surface area contributed by atoms with Gasteiger partial charge in [-0.3, -0.25) is 0 Å². The summed E-state index contributed by atoms with van der Waals surface area (Å²) in [6.45, 7) is 0.563. The van der Waals surface area contributed by atoms with E-state index in [1.807, 2.05) is 24.3 Å². The van der Waals surface area contributed by atoms with Gasteiger partial charge < -0.3 is 25.3 Å². The van der Waals surface area contributed by atoms with Crippen LogP contribution in [0.1, 0.15) is 5.56 Å². The maximum atomic E-state index is 6.14. The molecule has 0 atom stereocenters. The molecule has 3 rings (SSSR count). The first kappa shape index (κ1) is 17.3. The Morgan fingerprint density at radius 1 is 0.846 bits per heavy atom. The first-order valence-corrected chi connectivity index (χ1v) is 7.99. The lowest BCUT2D eigenvalue weighted by Crippen LogP contribution is -2.06. The number of ether oxygens (including phenoxy) is 3. The summed E-state index contributed by atoms with van der Waals surface area (Å²) in [6.07, 6.45) is 1.41. The molecule has 0 bridgehead atoms. The minimum atomic E-state index is 0.294. The molecule has 0 saturated carbocycles. The molecule has 0 radical (unpaired) electrons. The predicted octanol–water partition coefficient (Wildman–Crippen LogP) is 3.48. The fourth-order valence-electron chi connectivity index (χ4n) is 2.29. The van der Waals surface area contributed by atoms with Crippen LogP contribution in [0, 0.1) is 0 Å². The molecule has 7 nitrogen and oxygen atoms in total. The van der Waals surface area contributed by atoms with E-state index in [9.17, 15) is 0 Å². The van der Waals surface area contributed by atoms with Gasteiger partial charge in [0, 0.05) is 6.54 Å². The number of nitrogen functional groups attached to an aromatic ring is 1. The second kappa shape index (κ2) is 8.06. The summed E-state index contributed by atoms with van der Waals surface area (Å²) in [4.78, 5) is 8.29. The van der Waals surface area contributed by atoms with E-state index in [0.717, 1.165) is 17.1 Å². The molecule has 0 aliphatic rings. The zero-order valence-corrected chi connectivity index (χ0v) is 14.6. The number of rotatable bonds is 7. The Morgan fingerprint density at radius 2 is 1.42 bits per heavy atom. The summed E-state index contributed by atoms with van der Waals surface area (Å²) in [5.41, 5.74) is 7.55. The molecule has 7 heteroatoms. The quantitative estimate of drug-likeness (QED) is 0.672. The van der Waals surface area contributed by atoms with Crippen LogP contribution in [-0.4, -0.2) is 24.2 Å². The largest absolute Gasteiger partial charge is 0.497 e. The lowest BCUT2D eigenvalue weighted by Gasteiger charge is -2.12. The zero-order valence-electron chi connectivity index (χ0n) is 14.6. The Morgan fingerprint density at radius 3 is 2.04 bits per heavy atom. The Bertz CT molecular complexity index is 852. The first-order chi connectivity index (χ1) is 12.7. The Kier molecular flexibility index (Phi) is 5.38. The smallest absolute Gasteiger partial charge is 0.248 e. The van der Waals surface area contributed by atoms with Gasteiger partial charge in [-0.2, -0.15) is 4.98 Å². The molecule has 1 heterocycles. The van der Waals surface area contributed by atoms with Gasteiger partial charge in [0.1, 0.15) is 29.3 Å². The van der Waals surface area contributed by atoms with Gasteiger partial charge in [0.25, 0.3) is 0 Å². The third kappa shape index (κ3) is 4.13. The van der Waals surface area contributed by atoms with Crippen molar-refractivity contribution >= 4 is 11.5 Å². The molecule has 0 aliphatic carbocycles. The molecule has 0 saturated heterocycles. The third-order valence-electron chi connectivity index (χ3n) is 3.74. The highest BCUT2D eigenvalue weighted by Gasteiger charge is 2.10. The Balaban J connectivity index is 1.69. The SMILES string of the molecule is COc1ccc(CNc2ncnc(Oc3ccc(OC)cc3)c2N)cc1. The average Bonchev–Trinajstić information content (AvgIpc) is 2.69. The van der Waals surface area contributed by atoms with Gasteiger partial charge in [-0.1, -0.05) is 12.1 Å². The molecule has 0 aliphatic heterocycles. The number of anilines is 2. The molecule has 0 spiro atoms. The van der Waals surface area contributed by atoms with Crippen molar-refractivity contribution in [2.24, 2.45) is 0 Å². The highest BCUT2D eigenvalue weighted by atomic mass is 16.5. The molecular formula is C19H20N4O3. The summed E-state index contributed by atoms with van der Waals surface area (Å²) in [6, 6.07) is 14.9. The molecule has 134 valence electrons. The highest BCUT2D eigenvalue weighted by molar-refractivity contribution is 5.67. The number of methoxy groups -OCH3 is 2. The van der Waals surface area contributed by atoms with Crippen molar-refractivity contribution in [3.05, 3.63) is 60.4 Å². The van der Waals surface area contributed by atoms with Crippen molar-refractivity contribution in [3.63, 3.8) is 0 Å². The number of benzene rings is 2. The summed E-state index contributed by atoms with van der Waals surface area (Å²) in [5.74, 6) is 2.97. The highest BCUT2D eigenvalue weighted by Crippen LogP contribution is 2.30. The van der Waals surface area contributed by atoms with Crippen LogP contribution in [0.25, 0.3) is 0 Å². The maximum Gasteiger partial charge on any atom is 0.248 e. The lowest BCUT2D eigenvalue weighted by atomic mass is 10.2. The molecule has 0 amide bonds. The third-order valence-corrected chi connectivity index (χ3v) is 3.74. The van der Waals surface area contributed by atoms with Crippen LogP contribution < -0.4 is 25.3 Å². The second-order valence-corrected chi connectivity index (χ2v) is 5.42. The van der Waals surface area contributed by atoms with Crippen molar-refractivity contribution in [1.29, 1.82) is 0 Å². The minimum Gasteiger partial charge on any atom is -0.497 e. The van der Waals surface area contributed by atoms with Crippen LogP contribution in [0.2, 0.25) is 0 Å². The van der Waals surface area contributed by atoms with Crippen LogP contribution in [0.4, 0.5) is 11.5 Å². The minimum absolute atomic E-state index is 0.294. The maximum absolute atomic E-state index is 6.14. The Hall–Kier alpha value is -3.48. The Labute approximate surface area is 151 Å². The lowest BCUT2D eigenvalue weighted by molar-refractivity contribution is 0.412. The van der Waals surface area contributed by atoms with Crippen LogP contribution >= 0.6 is 0 Å². The number of nitrogens with two attached hydrogens (primary N) is 1. The fourth-order valence-corrected chi connectivity index (χ4v) is 2.29. The van der Waals surface area contributed by atoms with E-state index in [2.05, 4.69) is 15.3 Å². The molecular weight excluding hydrogens is 332 g/mol. The van der Waals surface area contributed by atoms with E-state index in [4.69, 9.17) is 19.9 Å². The molecule has 3 N–H and O–H groups in total. The van der Waals surface area contributed by atoms with Gasteiger partial charge in [-0.05, 0) is 42.0 Å². The van der Waals surface area contributed by atoms with Crippen LogP contribution in [0.15, 0.2) is 54.9 Å². The van der Waals surface area contributed by atoms with E-state index in [-0.39, 0.29) is 0 Å². The van der Waals surface area contributed by atoms with Crippen LogP contribution in [0.3, 0.4) is 0 Å². The molecule has 1 aromatic heterocycles. The molecule has 0 fully saturated rings. The van der Waals surface area contributed by atoms with E-state index in [0.29, 0.717) is 29.7 Å². The van der Waals surface area contributed by atoms with Crippen molar-refractivity contribution in [2.75, 3.05) is 25.3 Å². The van der Waals surface area contributed by atoms with Crippen LogP contribution in [-0.2, 0) is 6.54 Å². The van der Waals surface area contributed by atoms with Crippen LogP contribution in [0.5, 0.6) is 23.1 Å². The van der Waals surface area contributed by atoms with Gasteiger partial charge in [0.2, 0.25) is 5.88 Å². The summed E-state index contributed by atoms with van der Waals surface area (Å²) in [7, 11) is 3.25. The molecule has 0 unspecified atom stereocenters. The topological polar surface area (TPSA) is 91.5 Å². The number of hydrogen-bond donors (Lipinski definition) is 2. The molecule has 3 aromatic rings. The first-order valence-electron chi connectivity index (χ1n) is 7.99. The number of nitrogens with one attached hydrogen (secondary N) is 1. The average molecular weight is 352 g/mol. The van der Waals surface area contributed by atoms with Gasteiger partial charge in [-0.15, -0.1) is 0 Å². The van der Waals surface area contributed by atoms with Gasteiger partial charge in [-0.25, -0.2) is 4.98 Å². The summed E-state index contributed by atoms with van der Waals surface area (Å²) in [5, 5.41) is 3.19. The van der Waals surface area contributed by atoms with E-state index >= 15 is 0 Å². The number of hydrogen-bond acceptors (Lipinski definition) is 7. The molecule has 26 heavy (non-hydrogen) atoms. The standard InChI is InChI=1S/C19H20N4O3/c1-24-14-5-3-13(4-6-14)11-21-18-17(20)19(23-12-22-18)26-16-9-7-15(25-2)8-10-16/h3-10,12H,11,20H2,1-2H3,(H,21,22,23). The van der Waals surface area contributed by atoms with Crippen molar-refractivity contribution in [3.8, 4) is 23.1 Å². The van der Waals surface area contributed by atoms with Gasteiger partial charge >= 0.3 is 0 Å². The van der Waals surface area contributed by atoms with Gasteiger partial charge in [0.15, 0.2) is 5.82 Å². The number of nitrogens with zero attached hydrogens (tertiary/aromatic N) is 2. The van der Waals surface area contributed by atoms with E-state index < -0.39 is 0 Å². The van der Waals surface area contributed by atoms with E-state index in [1.165, 1.54) is 6.33 Å². The van der Waals surface area contributed by atoms with Crippen molar-refractivity contribution in [2.45, 2.75) is 6.54 Å². The van der Waals surface area contributed by atoms with Gasteiger partial charge in [0.05, 0.1) is 14.2 Å². The van der Waals surface area contributed by atoms with Crippen molar-refractivity contribution in [1.82, 2.24) is 9.97 Å². The normalized spacial score (nSPS) is 10.2. The summed E-state index contributed by atoms with van der Waals surface area (Å²) < 4.78 is 16.0. The summed E-state index contributed by atoms with van der Waals surface area (Å²) >= 11 is 0. The predicted molar refractivity (Wildman–Crippen MR) is 99.8 cm³/mol. The second-order valence-electron chi connectivity index (χ2n) is 5.42. The molecule has 2 aromatic carbocycles. The fraction of sp³-hybridized carbons (Fsp3) is 0.158. The van der Waals surface area contributed by atoms with E-state index in [1.54, 1.807) is 38.5 Å². The number of aromatic nitrogens is 2.